The lowest BCUT2D eigenvalue weighted by molar-refractivity contribution is 0.313. The zero-order valence-corrected chi connectivity index (χ0v) is 25.7. The fraction of sp³-hybridized carbons (Fsp3) is 0.263. The molecular weight excluding hydrogens is 540 g/mol. The lowest BCUT2D eigenvalue weighted by Crippen LogP contribution is -2.44. The molecule has 2 aromatic heterocycles. The monoisotopic (exact) mass is 580 g/mol. The van der Waals surface area contributed by atoms with Gasteiger partial charge < -0.3 is 19.6 Å². The van der Waals surface area contributed by atoms with Crippen molar-refractivity contribution in [1.82, 2.24) is 19.8 Å². The Morgan fingerprint density at radius 2 is 0.795 bits per heavy atom. The van der Waals surface area contributed by atoms with Gasteiger partial charge in [0.25, 0.3) is 0 Å². The van der Waals surface area contributed by atoms with Crippen molar-refractivity contribution in [2.24, 2.45) is 0 Å². The maximum Gasteiger partial charge on any atom is 0.0972 e. The SMILES string of the molecule is CN1CCN(c2ccc(/C=C/c3ccc4ccc5ccc(/C=C/c6ccc(N7CCN(C)CC7)cc6)nc5c4n3)cc2)CC1. The van der Waals surface area contributed by atoms with E-state index in [4.69, 9.17) is 9.97 Å². The Hall–Kier alpha value is -4.52. The maximum atomic E-state index is 5.04. The summed E-state index contributed by atoms with van der Waals surface area (Å²) < 4.78 is 0. The van der Waals surface area contributed by atoms with Crippen molar-refractivity contribution in [3.05, 3.63) is 107 Å². The highest BCUT2D eigenvalue weighted by atomic mass is 15.3. The molecule has 0 aliphatic carbocycles. The van der Waals surface area contributed by atoms with Gasteiger partial charge in [-0.1, -0.05) is 60.7 Å². The number of fused-ring (bicyclic) bond motifs is 3. The van der Waals surface area contributed by atoms with Crippen molar-refractivity contribution < 1.29 is 0 Å². The van der Waals surface area contributed by atoms with Crippen LogP contribution in [-0.4, -0.2) is 86.2 Å². The molecule has 3 aromatic carbocycles. The van der Waals surface area contributed by atoms with Crippen LogP contribution in [0.4, 0.5) is 11.4 Å². The van der Waals surface area contributed by atoms with E-state index in [2.05, 4.69) is 143 Å². The van der Waals surface area contributed by atoms with Crippen LogP contribution >= 0.6 is 0 Å². The third kappa shape index (κ3) is 6.37. The predicted molar refractivity (Wildman–Crippen MR) is 187 cm³/mol. The second-order valence-electron chi connectivity index (χ2n) is 12.1. The number of aromatic nitrogens is 2. The van der Waals surface area contributed by atoms with Crippen LogP contribution in [0.2, 0.25) is 0 Å². The molecule has 0 amide bonds. The number of likely N-dealkylation sites (N-methyl/N-ethyl adjacent to an activating group) is 2. The summed E-state index contributed by atoms with van der Waals surface area (Å²) in [7, 11) is 4.38. The molecular formula is C38H40N6. The van der Waals surface area contributed by atoms with Crippen LogP contribution in [0.1, 0.15) is 22.5 Å². The highest BCUT2D eigenvalue weighted by Crippen LogP contribution is 2.25. The van der Waals surface area contributed by atoms with Crippen molar-refractivity contribution in [2.45, 2.75) is 0 Å². The van der Waals surface area contributed by atoms with Crippen LogP contribution < -0.4 is 9.80 Å². The Labute approximate surface area is 260 Å². The van der Waals surface area contributed by atoms with Gasteiger partial charge in [0.05, 0.1) is 22.4 Å². The van der Waals surface area contributed by atoms with Crippen LogP contribution in [0, 0.1) is 0 Å². The van der Waals surface area contributed by atoms with Gasteiger partial charge in [0, 0.05) is 74.5 Å². The molecule has 0 spiro atoms. The van der Waals surface area contributed by atoms with E-state index in [9.17, 15) is 0 Å². The summed E-state index contributed by atoms with van der Waals surface area (Å²) in [5, 5.41) is 2.19. The van der Waals surface area contributed by atoms with Gasteiger partial charge in [-0.05, 0) is 73.8 Å². The Bertz CT molecular complexity index is 1660. The molecule has 5 aromatic rings. The minimum atomic E-state index is 0.927. The fourth-order valence-electron chi connectivity index (χ4n) is 6.07. The van der Waals surface area contributed by atoms with Gasteiger partial charge >= 0.3 is 0 Å². The summed E-state index contributed by atoms with van der Waals surface area (Å²) in [5.74, 6) is 0. The Balaban J connectivity index is 1.08. The second-order valence-corrected chi connectivity index (χ2v) is 12.1. The minimum absolute atomic E-state index is 0.927. The highest BCUT2D eigenvalue weighted by molar-refractivity contribution is 6.03. The molecule has 6 nitrogen and oxygen atoms in total. The first-order valence-corrected chi connectivity index (χ1v) is 15.7. The summed E-state index contributed by atoms with van der Waals surface area (Å²) >= 11 is 0. The van der Waals surface area contributed by atoms with E-state index in [1.54, 1.807) is 0 Å². The number of pyridine rings is 2. The number of hydrogen-bond acceptors (Lipinski definition) is 6. The lowest BCUT2D eigenvalue weighted by atomic mass is 10.1. The number of rotatable bonds is 6. The molecule has 222 valence electrons. The van der Waals surface area contributed by atoms with E-state index >= 15 is 0 Å². The van der Waals surface area contributed by atoms with Crippen molar-refractivity contribution in [3.8, 4) is 0 Å². The molecule has 0 atom stereocenters. The quantitative estimate of drug-likeness (QED) is 0.210. The molecule has 0 saturated carbocycles. The van der Waals surface area contributed by atoms with Crippen molar-refractivity contribution >= 4 is 57.5 Å². The molecule has 2 aliphatic heterocycles. The molecule has 0 N–H and O–H groups in total. The average Bonchev–Trinajstić information content (AvgIpc) is 3.07. The first-order valence-electron chi connectivity index (χ1n) is 15.7. The first kappa shape index (κ1) is 28.3. The van der Waals surface area contributed by atoms with Gasteiger partial charge in [0.1, 0.15) is 0 Å². The summed E-state index contributed by atoms with van der Waals surface area (Å²) in [6, 6.07) is 30.4. The van der Waals surface area contributed by atoms with Gasteiger partial charge in [0.2, 0.25) is 0 Å². The molecule has 44 heavy (non-hydrogen) atoms. The van der Waals surface area contributed by atoms with Crippen LogP contribution in [0.3, 0.4) is 0 Å². The largest absolute Gasteiger partial charge is 0.369 e. The topological polar surface area (TPSA) is 38.7 Å². The molecule has 2 fully saturated rings. The number of anilines is 2. The molecule has 0 unspecified atom stereocenters. The molecule has 0 bridgehead atoms. The van der Waals surface area contributed by atoms with E-state index in [1.807, 2.05) is 0 Å². The first-order chi connectivity index (χ1) is 21.6. The summed E-state index contributed by atoms with van der Waals surface area (Å²) in [6.07, 6.45) is 8.48. The van der Waals surface area contributed by atoms with Crippen LogP contribution in [0.5, 0.6) is 0 Å². The van der Waals surface area contributed by atoms with Crippen LogP contribution in [0.25, 0.3) is 46.1 Å². The molecule has 2 saturated heterocycles. The molecule has 4 heterocycles. The van der Waals surface area contributed by atoms with Gasteiger partial charge in [-0.3, -0.25) is 0 Å². The van der Waals surface area contributed by atoms with E-state index < -0.39 is 0 Å². The predicted octanol–water partition coefficient (Wildman–Crippen LogP) is 6.63. The normalized spacial score (nSPS) is 17.0. The van der Waals surface area contributed by atoms with E-state index in [-0.39, 0.29) is 0 Å². The highest BCUT2D eigenvalue weighted by Gasteiger charge is 2.15. The molecule has 2 aliphatic rings. The zero-order chi connectivity index (χ0) is 29.9. The van der Waals surface area contributed by atoms with Crippen molar-refractivity contribution in [2.75, 3.05) is 76.3 Å². The Kier molecular flexibility index (Phi) is 8.10. The van der Waals surface area contributed by atoms with E-state index in [1.165, 1.54) is 22.5 Å². The smallest absolute Gasteiger partial charge is 0.0972 e. The van der Waals surface area contributed by atoms with Crippen molar-refractivity contribution in [3.63, 3.8) is 0 Å². The number of benzene rings is 3. The molecule has 0 radical (unpaired) electrons. The second kappa shape index (κ2) is 12.6. The Morgan fingerprint density at radius 1 is 0.432 bits per heavy atom. The summed E-state index contributed by atoms with van der Waals surface area (Å²) in [6.45, 7) is 8.77. The molecule has 7 rings (SSSR count). The van der Waals surface area contributed by atoms with E-state index in [0.717, 1.165) is 85.6 Å². The Morgan fingerprint density at radius 3 is 1.18 bits per heavy atom. The summed E-state index contributed by atoms with van der Waals surface area (Å²) in [4.78, 5) is 19.8. The van der Waals surface area contributed by atoms with Gasteiger partial charge in [-0.15, -0.1) is 0 Å². The van der Waals surface area contributed by atoms with Crippen LogP contribution in [0.15, 0.2) is 84.9 Å². The minimum Gasteiger partial charge on any atom is -0.369 e. The van der Waals surface area contributed by atoms with Crippen LogP contribution in [-0.2, 0) is 0 Å². The number of hydrogen-bond donors (Lipinski definition) is 0. The molecule has 6 heteroatoms. The zero-order valence-electron chi connectivity index (χ0n) is 25.7. The van der Waals surface area contributed by atoms with Gasteiger partial charge in [-0.25, -0.2) is 9.97 Å². The van der Waals surface area contributed by atoms with Crippen molar-refractivity contribution in [1.29, 1.82) is 0 Å². The third-order valence-electron chi connectivity index (χ3n) is 8.98. The lowest BCUT2D eigenvalue weighted by Gasteiger charge is -2.34. The number of piperazine rings is 2. The third-order valence-corrected chi connectivity index (χ3v) is 8.98. The van der Waals surface area contributed by atoms with E-state index in [0.29, 0.717) is 0 Å². The standard InChI is InChI=1S/C38H40N6/c1-41-21-25-43(26-22-41)35-17-5-29(6-18-35)3-13-33-15-11-31-9-10-32-12-16-34(40-38(32)37(31)39-33)14-4-30-7-19-36(20-8-30)44-27-23-42(2)24-28-44/h3-20H,21-28H2,1-2H3/b13-3+,14-4+. The maximum absolute atomic E-state index is 5.04. The average molecular weight is 581 g/mol. The fourth-order valence-corrected chi connectivity index (χ4v) is 6.07. The summed E-state index contributed by atoms with van der Waals surface area (Å²) in [5.41, 5.74) is 8.65. The number of nitrogens with zero attached hydrogens (tertiary/aromatic N) is 6. The van der Waals surface area contributed by atoms with Gasteiger partial charge in [-0.2, -0.15) is 0 Å². The van der Waals surface area contributed by atoms with Gasteiger partial charge in [0.15, 0.2) is 0 Å².